The molecule has 0 bridgehead atoms. The Kier molecular flexibility index (Phi) is 4.91. The Labute approximate surface area is 113 Å². The predicted molar refractivity (Wildman–Crippen MR) is 73.1 cm³/mol. The van der Waals surface area contributed by atoms with Crippen LogP contribution in [0.5, 0.6) is 0 Å². The number of halogens is 1. The van der Waals surface area contributed by atoms with Gasteiger partial charge in [0.1, 0.15) is 5.82 Å². The normalized spacial score (nSPS) is 14.4. The van der Waals surface area contributed by atoms with Crippen LogP contribution in [0.25, 0.3) is 0 Å². The number of hydrogen-bond acceptors (Lipinski definition) is 2. The summed E-state index contributed by atoms with van der Waals surface area (Å²) >= 11 is 0. The Hall–Kier alpha value is -1.42. The van der Waals surface area contributed by atoms with Crippen LogP contribution in [0.2, 0.25) is 0 Å². The lowest BCUT2D eigenvalue weighted by Crippen LogP contribution is -2.33. The first-order valence-corrected chi connectivity index (χ1v) is 6.94. The van der Waals surface area contributed by atoms with Gasteiger partial charge < -0.3 is 10.2 Å². The molecule has 0 radical (unpaired) electrons. The van der Waals surface area contributed by atoms with Gasteiger partial charge in [-0.05, 0) is 37.5 Å². The minimum atomic E-state index is -0.253. The maximum atomic E-state index is 13.1. The zero-order valence-electron chi connectivity index (χ0n) is 11.4. The second kappa shape index (κ2) is 6.66. The first-order valence-electron chi connectivity index (χ1n) is 6.94. The minimum absolute atomic E-state index is 0.125. The lowest BCUT2D eigenvalue weighted by Gasteiger charge is -2.21. The molecule has 1 aliphatic carbocycles. The molecule has 1 aliphatic rings. The molecule has 1 fully saturated rings. The number of carbonyl (C=O) groups excluding carboxylic acids is 1. The molecule has 1 amide bonds. The molecule has 0 heterocycles. The Morgan fingerprint density at radius 2 is 2.26 bits per heavy atom. The van der Waals surface area contributed by atoms with E-state index in [4.69, 9.17) is 0 Å². The van der Waals surface area contributed by atoms with Gasteiger partial charge in [-0.2, -0.15) is 0 Å². The molecule has 4 heteroatoms. The molecule has 19 heavy (non-hydrogen) atoms. The van der Waals surface area contributed by atoms with E-state index in [0.29, 0.717) is 25.6 Å². The smallest absolute Gasteiger partial charge is 0.224 e. The minimum Gasteiger partial charge on any atom is -0.339 e. The second-order valence-electron chi connectivity index (χ2n) is 5.02. The molecule has 0 aliphatic heterocycles. The van der Waals surface area contributed by atoms with Gasteiger partial charge in [0, 0.05) is 32.1 Å². The third-order valence-corrected chi connectivity index (χ3v) is 3.35. The Balaban J connectivity index is 1.82. The molecule has 0 aromatic heterocycles. The number of rotatable bonds is 7. The SMILES string of the molecule is CCN(Cc1cccc(F)c1)C(=O)CCNC1CC1. The van der Waals surface area contributed by atoms with Crippen molar-refractivity contribution >= 4 is 5.91 Å². The third kappa shape index (κ3) is 4.63. The maximum absolute atomic E-state index is 13.1. The van der Waals surface area contributed by atoms with Crippen molar-refractivity contribution < 1.29 is 9.18 Å². The largest absolute Gasteiger partial charge is 0.339 e. The van der Waals surface area contributed by atoms with Crippen LogP contribution < -0.4 is 5.32 Å². The summed E-state index contributed by atoms with van der Waals surface area (Å²) in [6.07, 6.45) is 2.98. The zero-order chi connectivity index (χ0) is 13.7. The summed E-state index contributed by atoms with van der Waals surface area (Å²) in [4.78, 5) is 13.8. The third-order valence-electron chi connectivity index (χ3n) is 3.35. The number of benzene rings is 1. The summed E-state index contributed by atoms with van der Waals surface area (Å²) in [5, 5.41) is 3.33. The summed E-state index contributed by atoms with van der Waals surface area (Å²) in [6, 6.07) is 7.06. The molecule has 0 atom stereocenters. The molecule has 0 unspecified atom stereocenters. The standard InChI is InChI=1S/C15H21FN2O/c1-2-18(11-12-4-3-5-13(16)10-12)15(19)8-9-17-14-6-7-14/h3-5,10,14,17H,2,6-9,11H2,1H3. The van der Waals surface area contributed by atoms with Gasteiger partial charge >= 0.3 is 0 Å². The summed E-state index contributed by atoms with van der Waals surface area (Å²) < 4.78 is 13.1. The highest BCUT2D eigenvalue weighted by Crippen LogP contribution is 2.18. The Morgan fingerprint density at radius 1 is 1.47 bits per heavy atom. The van der Waals surface area contributed by atoms with Gasteiger partial charge in [-0.15, -0.1) is 0 Å². The Morgan fingerprint density at radius 3 is 2.89 bits per heavy atom. The van der Waals surface area contributed by atoms with Crippen LogP contribution in [0.15, 0.2) is 24.3 Å². The monoisotopic (exact) mass is 264 g/mol. The van der Waals surface area contributed by atoms with E-state index in [1.165, 1.54) is 25.0 Å². The van der Waals surface area contributed by atoms with Crippen LogP contribution in [0.3, 0.4) is 0 Å². The van der Waals surface area contributed by atoms with Crippen LogP contribution in [0.1, 0.15) is 31.7 Å². The molecule has 1 aromatic rings. The number of hydrogen-bond donors (Lipinski definition) is 1. The van der Waals surface area contributed by atoms with Crippen molar-refractivity contribution in [3.05, 3.63) is 35.6 Å². The first-order chi connectivity index (χ1) is 9.19. The zero-order valence-corrected chi connectivity index (χ0v) is 11.4. The molecule has 1 saturated carbocycles. The molecule has 1 aromatic carbocycles. The van der Waals surface area contributed by atoms with E-state index >= 15 is 0 Å². The fourth-order valence-corrected chi connectivity index (χ4v) is 2.06. The maximum Gasteiger partial charge on any atom is 0.224 e. The number of amides is 1. The molecule has 2 rings (SSSR count). The van der Waals surface area contributed by atoms with Crippen LogP contribution in [0, 0.1) is 5.82 Å². The summed E-state index contributed by atoms with van der Waals surface area (Å²) in [5.41, 5.74) is 0.838. The van der Waals surface area contributed by atoms with E-state index in [0.717, 1.165) is 12.1 Å². The topological polar surface area (TPSA) is 32.3 Å². The van der Waals surface area contributed by atoms with Crippen LogP contribution in [0.4, 0.5) is 4.39 Å². The van der Waals surface area contributed by atoms with Crippen molar-refractivity contribution in [2.75, 3.05) is 13.1 Å². The van der Waals surface area contributed by atoms with Crippen molar-refractivity contribution in [3.8, 4) is 0 Å². The quantitative estimate of drug-likeness (QED) is 0.819. The Bertz CT molecular complexity index is 432. The summed E-state index contributed by atoms with van der Waals surface area (Å²) in [6.45, 7) is 3.82. The van der Waals surface area contributed by atoms with Gasteiger partial charge in [-0.25, -0.2) is 4.39 Å². The van der Waals surface area contributed by atoms with Crippen LogP contribution >= 0.6 is 0 Å². The van der Waals surface area contributed by atoms with Gasteiger partial charge in [0.05, 0.1) is 0 Å². The molecule has 3 nitrogen and oxygen atoms in total. The van der Waals surface area contributed by atoms with E-state index < -0.39 is 0 Å². The molecular formula is C15H21FN2O. The van der Waals surface area contributed by atoms with Crippen molar-refractivity contribution in [2.24, 2.45) is 0 Å². The van der Waals surface area contributed by atoms with Gasteiger partial charge in [0.15, 0.2) is 0 Å². The highest BCUT2D eigenvalue weighted by atomic mass is 19.1. The summed E-state index contributed by atoms with van der Waals surface area (Å²) in [5.74, 6) is -0.128. The average molecular weight is 264 g/mol. The van der Waals surface area contributed by atoms with Crippen molar-refractivity contribution in [3.63, 3.8) is 0 Å². The van der Waals surface area contributed by atoms with Gasteiger partial charge in [0.25, 0.3) is 0 Å². The van der Waals surface area contributed by atoms with Crippen molar-refractivity contribution in [2.45, 2.75) is 38.8 Å². The lowest BCUT2D eigenvalue weighted by molar-refractivity contribution is -0.131. The fourth-order valence-electron chi connectivity index (χ4n) is 2.06. The van der Waals surface area contributed by atoms with E-state index in [9.17, 15) is 9.18 Å². The lowest BCUT2D eigenvalue weighted by atomic mass is 10.2. The highest BCUT2D eigenvalue weighted by Gasteiger charge is 2.20. The molecule has 104 valence electrons. The van der Waals surface area contributed by atoms with Gasteiger partial charge in [0.2, 0.25) is 5.91 Å². The van der Waals surface area contributed by atoms with Crippen molar-refractivity contribution in [1.82, 2.24) is 10.2 Å². The van der Waals surface area contributed by atoms with Crippen LogP contribution in [-0.4, -0.2) is 29.9 Å². The number of nitrogens with zero attached hydrogens (tertiary/aromatic N) is 1. The predicted octanol–water partition coefficient (Wildman–Crippen LogP) is 2.32. The fraction of sp³-hybridized carbons (Fsp3) is 0.533. The second-order valence-corrected chi connectivity index (χ2v) is 5.02. The van der Waals surface area contributed by atoms with Crippen molar-refractivity contribution in [1.29, 1.82) is 0 Å². The highest BCUT2D eigenvalue weighted by molar-refractivity contribution is 5.76. The molecule has 0 saturated heterocycles. The average Bonchev–Trinajstić information content (AvgIpc) is 3.20. The molecule has 0 spiro atoms. The van der Waals surface area contributed by atoms with Crippen LogP contribution in [-0.2, 0) is 11.3 Å². The molecular weight excluding hydrogens is 243 g/mol. The number of carbonyl (C=O) groups is 1. The van der Waals surface area contributed by atoms with E-state index in [1.807, 2.05) is 13.0 Å². The van der Waals surface area contributed by atoms with Gasteiger partial charge in [-0.1, -0.05) is 12.1 Å². The number of nitrogens with one attached hydrogen (secondary N) is 1. The van der Waals surface area contributed by atoms with E-state index in [2.05, 4.69) is 5.32 Å². The van der Waals surface area contributed by atoms with E-state index in [1.54, 1.807) is 11.0 Å². The van der Waals surface area contributed by atoms with Gasteiger partial charge in [-0.3, -0.25) is 4.79 Å². The summed E-state index contributed by atoms with van der Waals surface area (Å²) in [7, 11) is 0. The molecule has 1 N–H and O–H groups in total. The first kappa shape index (κ1) is 14.0. The van der Waals surface area contributed by atoms with E-state index in [-0.39, 0.29) is 11.7 Å².